The maximum absolute atomic E-state index is 11.7. The molecule has 0 saturated heterocycles. The summed E-state index contributed by atoms with van der Waals surface area (Å²) in [4.78, 5) is 33.0. The lowest BCUT2D eigenvalue weighted by atomic mass is 10.1. The molecule has 96 valence electrons. The van der Waals surface area contributed by atoms with Gasteiger partial charge in [0.2, 0.25) is 5.91 Å². The van der Waals surface area contributed by atoms with Crippen LogP contribution in [0.25, 0.3) is 0 Å². The second kappa shape index (κ2) is 5.90. The molecule has 0 spiro atoms. The Morgan fingerprint density at radius 2 is 2.06 bits per heavy atom. The van der Waals surface area contributed by atoms with Crippen LogP contribution >= 0.6 is 0 Å². The van der Waals surface area contributed by atoms with Crippen molar-refractivity contribution >= 4 is 23.3 Å². The number of carbonyl (C=O) groups excluding carboxylic acids is 1. The van der Waals surface area contributed by atoms with Crippen molar-refractivity contribution in [1.82, 2.24) is 0 Å². The molecular weight excluding hydrogens is 236 g/mol. The summed E-state index contributed by atoms with van der Waals surface area (Å²) in [5.41, 5.74) is 0.135. The van der Waals surface area contributed by atoms with Crippen molar-refractivity contribution < 1.29 is 14.7 Å². The number of nitrogens with one attached hydrogen (secondary N) is 1. The van der Waals surface area contributed by atoms with E-state index in [9.17, 15) is 14.5 Å². The topological polar surface area (TPSA) is 95.8 Å². The lowest BCUT2D eigenvalue weighted by molar-refractivity contribution is -0.119. The Balaban J connectivity index is 3.01. The van der Waals surface area contributed by atoms with E-state index in [2.05, 4.69) is 10.5 Å². The Kier molecular flexibility index (Phi) is 4.53. The lowest BCUT2D eigenvalue weighted by Gasteiger charge is -2.10. The maximum atomic E-state index is 11.7. The van der Waals surface area contributed by atoms with Crippen LogP contribution in [0.3, 0.4) is 0 Å². The molecule has 0 aromatic heterocycles. The third-order valence-corrected chi connectivity index (χ3v) is 2.60. The number of carbonyl (C=O) groups is 2. The van der Waals surface area contributed by atoms with E-state index in [-0.39, 0.29) is 28.8 Å². The number of nitrogens with zero attached hydrogens (tertiary/aromatic N) is 1. The predicted molar refractivity (Wildman–Crippen MR) is 66.9 cm³/mol. The number of anilines is 1. The summed E-state index contributed by atoms with van der Waals surface area (Å²) in [6, 6.07) is 3.77. The predicted octanol–water partition coefficient (Wildman–Crippen LogP) is 2.77. The van der Waals surface area contributed by atoms with Gasteiger partial charge in [-0.1, -0.05) is 13.8 Å². The molecule has 0 saturated carbocycles. The van der Waals surface area contributed by atoms with E-state index in [0.717, 1.165) is 6.07 Å². The number of hydrogen-bond acceptors (Lipinski definition) is 4. The monoisotopic (exact) mass is 250 g/mol. The van der Waals surface area contributed by atoms with Crippen LogP contribution in [0.5, 0.6) is 0 Å². The highest BCUT2D eigenvalue weighted by atomic mass is 16.4. The third kappa shape index (κ3) is 3.38. The van der Waals surface area contributed by atoms with E-state index in [1.165, 1.54) is 12.1 Å². The number of carboxylic acids is 1. The standard InChI is InChI=1S/C12H14N2O4/c1-3-7(2)11(15)13-9-4-8(12(16)17)5-10(6-9)14-18/h4-7H,3H2,1-2H3,(H,13,15)(H,16,17). The van der Waals surface area contributed by atoms with Gasteiger partial charge in [-0.25, -0.2) is 4.79 Å². The third-order valence-electron chi connectivity index (χ3n) is 2.60. The van der Waals surface area contributed by atoms with Gasteiger partial charge >= 0.3 is 5.97 Å². The minimum Gasteiger partial charge on any atom is -0.478 e. The summed E-state index contributed by atoms with van der Waals surface area (Å²) < 4.78 is 0. The van der Waals surface area contributed by atoms with E-state index in [4.69, 9.17) is 5.11 Å². The van der Waals surface area contributed by atoms with Gasteiger partial charge in [0.25, 0.3) is 0 Å². The molecule has 6 heteroatoms. The fraction of sp³-hybridized carbons (Fsp3) is 0.333. The minimum atomic E-state index is -1.18. The Labute approximate surface area is 104 Å². The Morgan fingerprint density at radius 3 is 2.56 bits per heavy atom. The first-order valence-corrected chi connectivity index (χ1v) is 5.50. The van der Waals surface area contributed by atoms with Gasteiger partial charge in [0.05, 0.1) is 5.56 Å². The van der Waals surface area contributed by atoms with E-state index >= 15 is 0 Å². The van der Waals surface area contributed by atoms with Gasteiger partial charge in [0.15, 0.2) is 0 Å². The minimum absolute atomic E-state index is 0.0330. The smallest absolute Gasteiger partial charge is 0.335 e. The number of hydrogen-bond donors (Lipinski definition) is 2. The van der Waals surface area contributed by atoms with Gasteiger partial charge in [-0.2, -0.15) is 0 Å². The zero-order chi connectivity index (χ0) is 13.7. The van der Waals surface area contributed by atoms with Gasteiger partial charge in [-0.3, -0.25) is 4.79 Å². The molecular formula is C12H14N2O4. The molecule has 18 heavy (non-hydrogen) atoms. The van der Waals surface area contributed by atoms with Crippen LogP contribution in [0.15, 0.2) is 23.4 Å². The summed E-state index contributed by atoms with van der Waals surface area (Å²) in [5.74, 6) is -1.59. The van der Waals surface area contributed by atoms with Gasteiger partial charge in [-0.05, 0) is 29.8 Å². The molecule has 0 fully saturated rings. The van der Waals surface area contributed by atoms with Gasteiger partial charge in [-0.15, -0.1) is 4.91 Å². The fourth-order valence-electron chi connectivity index (χ4n) is 1.31. The van der Waals surface area contributed by atoms with Crippen molar-refractivity contribution in [2.24, 2.45) is 11.1 Å². The van der Waals surface area contributed by atoms with Crippen LogP contribution < -0.4 is 5.32 Å². The normalized spacial score (nSPS) is 11.7. The molecule has 0 aliphatic rings. The molecule has 0 radical (unpaired) electrons. The largest absolute Gasteiger partial charge is 0.478 e. The Hall–Kier alpha value is -2.24. The molecule has 0 aliphatic heterocycles. The molecule has 1 unspecified atom stereocenters. The first-order valence-electron chi connectivity index (χ1n) is 5.50. The van der Waals surface area contributed by atoms with Gasteiger partial charge in [0, 0.05) is 11.6 Å². The Morgan fingerprint density at radius 1 is 1.39 bits per heavy atom. The van der Waals surface area contributed by atoms with Crippen LogP contribution in [0.4, 0.5) is 11.4 Å². The summed E-state index contributed by atoms with van der Waals surface area (Å²) in [5, 5.41) is 14.1. The lowest BCUT2D eigenvalue weighted by Crippen LogP contribution is -2.19. The van der Waals surface area contributed by atoms with Crippen LogP contribution in [-0.4, -0.2) is 17.0 Å². The summed E-state index contributed by atoms with van der Waals surface area (Å²) in [7, 11) is 0. The highest BCUT2D eigenvalue weighted by Crippen LogP contribution is 2.22. The van der Waals surface area contributed by atoms with Crippen molar-refractivity contribution in [2.45, 2.75) is 20.3 Å². The molecule has 1 atom stereocenters. The molecule has 1 aromatic carbocycles. The molecule has 0 bridgehead atoms. The number of amides is 1. The number of aromatic carboxylic acids is 1. The van der Waals surface area contributed by atoms with Crippen LogP contribution in [-0.2, 0) is 4.79 Å². The maximum Gasteiger partial charge on any atom is 0.335 e. The van der Waals surface area contributed by atoms with Crippen molar-refractivity contribution in [2.75, 3.05) is 5.32 Å². The van der Waals surface area contributed by atoms with E-state index in [0.29, 0.717) is 6.42 Å². The SMILES string of the molecule is CCC(C)C(=O)Nc1cc(N=O)cc(C(=O)O)c1. The molecule has 0 heterocycles. The number of rotatable bonds is 5. The van der Waals surface area contributed by atoms with Gasteiger partial charge < -0.3 is 10.4 Å². The summed E-state index contributed by atoms with van der Waals surface area (Å²) in [6.07, 6.45) is 0.670. The van der Waals surface area contributed by atoms with Crippen molar-refractivity contribution in [3.8, 4) is 0 Å². The number of benzene rings is 1. The molecule has 6 nitrogen and oxygen atoms in total. The molecule has 1 amide bonds. The summed E-state index contributed by atoms with van der Waals surface area (Å²) >= 11 is 0. The van der Waals surface area contributed by atoms with Crippen molar-refractivity contribution in [3.63, 3.8) is 0 Å². The first-order chi connectivity index (χ1) is 8.47. The molecule has 2 N–H and O–H groups in total. The number of nitroso groups, excluding NO2 is 1. The van der Waals surface area contributed by atoms with Gasteiger partial charge in [0.1, 0.15) is 5.69 Å². The highest BCUT2D eigenvalue weighted by molar-refractivity contribution is 5.95. The van der Waals surface area contributed by atoms with Crippen molar-refractivity contribution in [3.05, 3.63) is 28.7 Å². The zero-order valence-electron chi connectivity index (χ0n) is 10.1. The second-order valence-corrected chi connectivity index (χ2v) is 3.96. The highest BCUT2D eigenvalue weighted by Gasteiger charge is 2.13. The molecule has 0 aliphatic carbocycles. The van der Waals surface area contributed by atoms with E-state index in [1.807, 2.05) is 6.92 Å². The van der Waals surface area contributed by atoms with E-state index < -0.39 is 5.97 Å². The fourth-order valence-corrected chi connectivity index (χ4v) is 1.31. The first kappa shape index (κ1) is 13.8. The second-order valence-electron chi connectivity index (χ2n) is 3.96. The van der Waals surface area contributed by atoms with E-state index in [1.54, 1.807) is 6.92 Å². The Bertz CT molecular complexity index is 485. The quantitative estimate of drug-likeness (QED) is 0.785. The molecule has 1 rings (SSSR count). The van der Waals surface area contributed by atoms with Crippen LogP contribution in [0.2, 0.25) is 0 Å². The zero-order valence-corrected chi connectivity index (χ0v) is 10.1. The average molecular weight is 250 g/mol. The van der Waals surface area contributed by atoms with Crippen molar-refractivity contribution in [1.29, 1.82) is 0 Å². The summed E-state index contributed by atoms with van der Waals surface area (Å²) in [6.45, 7) is 3.63. The molecule has 1 aromatic rings. The average Bonchev–Trinajstić information content (AvgIpc) is 2.36. The van der Waals surface area contributed by atoms with Crippen LogP contribution in [0.1, 0.15) is 30.6 Å². The van der Waals surface area contributed by atoms with Crippen LogP contribution in [0, 0.1) is 10.8 Å². The number of carboxylic acid groups (broad SMARTS) is 1.